The molecule has 3 aliphatic heterocycles. The van der Waals surface area contributed by atoms with Crippen molar-refractivity contribution >= 4 is 11.9 Å². The summed E-state index contributed by atoms with van der Waals surface area (Å²) >= 11 is 0. The summed E-state index contributed by atoms with van der Waals surface area (Å²) < 4.78 is 43.0. The smallest absolute Gasteiger partial charge is 0.356 e. The number of carbonyl (C=O) groups excluding carboxylic acids is 1. The highest BCUT2D eigenvalue weighted by Gasteiger charge is 2.41. The van der Waals surface area contributed by atoms with E-state index in [1.54, 1.807) is 4.90 Å². The third kappa shape index (κ3) is 4.11. The van der Waals surface area contributed by atoms with Gasteiger partial charge in [0, 0.05) is 32.1 Å². The Bertz CT molecular complexity index is 710. The van der Waals surface area contributed by atoms with E-state index in [1.807, 2.05) is 0 Å². The van der Waals surface area contributed by atoms with Crippen molar-refractivity contribution in [2.24, 2.45) is 5.41 Å². The molecule has 0 saturated carbocycles. The first kappa shape index (κ1) is 19.5. The Hall–Kier alpha value is -1.84. The number of alkyl halides is 3. The molecule has 3 fully saturated rings. The maximum absolute atomic E-state index is 12.7. The van der Waals surface area contributed by atoms with E-state index < -0.39 is 12.0 Å². The minimum Gasteiger partial charge on any atom is -0.356 e. The van der Waals surface area contributed by atoms with E-state index in [1.165, 1.54) is 0 Å². The number of hydrogen-bond donors (Lipinski definition) is 1. The zero-order chi connectivity index (χ0) is 19.8. The van der Waals surface area contributed by atoms with E-state index in [0.29, 0.717) is 25.6 Å². The summed E-state index contributed by atoms with van der Waals surface area (Å²) in [7, 11) is 0. The maximum Gasteiger partial charge on any atom is 0.455 e. The number of halogens is 3. The average molecular weight is 401 g/mol. The molecule has 0 bridgehead atoms. The lowest BCUT2D eigenvalue weighted by Crippen LogP contribution is -2.37. The minimum absolute atomic E-state index is 0.0432. The molecule has 7 nitrogen and oxygen atoms in total. The van der Waals surface area contributed by atoms with Gasteiger partial charge in [-0.1, -0.05) is 0 Å². The van der Waals surface area contributed by atoms with Gasteiger partial charge in [0.25, 0.3) is 5.82 Å². The molecule has 156 valence electrons. The predicted octanol–water partition coefficient (Wildman–Crippen LogP) is 2.44. The summed E-state index contributed by atoms with van der Waals surface area (Å²) in [4.78, 5) is 19.5. The van der Waals surface area contributed by atoms with Gasteiger partial charge in [-0.15, -0.1) is 0 Å². The second-order valence-electron chi connectivity index (χ2n) is 8.31. The number of aromatic nitrogens is 2. The fourth-order valence-corrected chi connectivity index (χ4v) is 4.84. The Morgan fingerprint density at radius 1 is 1.11 bits per heavy atom. The summed E-state index contributed by atoms with van der Waals surface area (Å²) in [5.74, 6) is -1.06. The molecule has 0 aliphatic carbocycles. The minimum atomic E-state index is -4.59. The summed E-state index contributed by atoms with van der Waals surface area (Å²) in [5.41, 5.74) is 0.111. The predicted molar refractivity (Wildman–Crippen MR) is 94.6 cm³/mol. The molecule has 4 heterocycles. The van der Waals surface area contributed by atoms with Crippen LogP contribution in [0, 0.1) is 5.41 Å². The highest BCUT2D eigenvalue weighted by atomic mass is 19.4. The van der Waals surface area contributed by atoms with Crippen LogP contribution in [0.25, 0.3) is 0 Å². The van der Waals surface area contributed by atoms with Crippen LogP contribution in [0.5, 0.6) is 0 Å². The topological polar surface area (TPSA) is 74.5 Å². The number of amides is 1. The lowest BCUT2D eigenvalue weighted by molar-refractivity contribution is -0.146. The molecule has 0 radical (unpaired) electrons. The van der Waals surface area contributed by atoms with Crippen LogP contribution in [0.2, 0.25) is 0 Å². The Morgan fingerprint density at radius 2 is 1.96 bits per heavy atom. The normalized spacial score (nSPS) is 30.3. The van der Waals surface area contributed by atoms with Crippen LogP contribution in [0.4, 0.5) is 19.2 Å². The highest BCUT2D eigenvalue weighted by molar-refractivity contribution is 5.79. The molecular formula is C18H26F3N5O2. The first-order chi connectivity index (χ1) is 13.3. The van der Waals surface area contributed by atoms with Crippen molar-refractivity contribution in [1.29, 1.82) is 0 Å². The molecule has 28 heavy (non-hydrogen) atoms. The van der Waals surface area contributed by atoms with Gasteiger partial charge in [0.15, 0.2) is 0 Å². The lowest BCUT2D eigenvalue weighted by Gasteiger charge is -2.31. The highest BCUT2D eigenvalue weighted by Crippen LogP contribution is 2.38. The Balaban J connectivity index is 1.35. The van der Waals surface area contributed by atoms with E-state index in [4.69, 9.17) is 4.52 Å². The number of anilines is 1. The van der Waals surface area contributed by atoms with Gasteiger partial charge in [0.05, 0.1) is 0 Å². The molecule has 1 N–H and O–H groups in total. The van der Waals surface area contributed by atoms with Crippen molar-refractivity contribution in [2.75, 3.05) is 37.6 Å². The third-order valence-corrected chi connectivity index (χ3v) is 6.43. The Kier molecular flexibility index (Phi) is 5.24. The first-order valence-corrected chi connectivity index (χ1v) is 10.0. The molecule has 1 aromatic rings. The molecule has 0 aromatic carbocycles. The molecule has 1 spiro atoms. The first-order valence-electron chi connectivity index (χ1n) is 10.0. The van der Waals surface area contributed by atoms with Crippen LogP contribution >= 0.6 is 0 Å². The monoisotopic (exact) mass is 401 g/mol. The van der Waals surface area contributed by atoms with Crippen LogP contribution in [0.15, 0.2) is 4.52 Å². The van der Waals surface area contributed by atoms with Crippen LogP contribution in [-0.2, 0) is 11.0 Å². The van der Waals surface area contributed by atoms with Crippen molar-refractivity contribution in [3.8, 4) is 0 Å². The molecule has 3 saturated heterocycles. The van der Waals surface area contributed by atoms with Crippen LogP contribution in [0.1, 0.15) is 50.8 Å². The van der Waals surface area contributed by atoms with E-state index in [9.17, 15) is 18.0 Å². The Morgan fingerprint density at radius 3 is 2.68 bits per heavy atom. The number of hydrogen-bond acceptors (Lipinski definition) is 6. The third-order valence-electron chi connectivity index (χ3n) is 6.43. The van der Waals surface area contributed by atoms with Crippen molar-refractivity contribution < 1.29 is 22.5 Å². The second kappa shape index (κ2) is 7.53. The van der Waals surface area contributed by atoms with E-state index >= 15 is 0 Å². The van der Waals surface area contributed by atoms with Gasteiger partial charge in [-0.05, 0) is 62.2 Å². The number of carbonyl (C=O) groups is 1. The van der Waals surface area contributed by atoms with Crippen LogP contribution in [-0.4, -0.2) is 59.7 Å². The van der Waals surface area contributed by atoms with Gasteiger partial charge in [-0.25, -0.2) is 0 Å². The molecule has 1 aromatic heterocycles. The van der Waals surface area contributed by atoms with E-state index in [0.717, 1.165) is 58.2 Å². The van der Waals surface area contributed by atoms with E-state index in [2.05, 4.69) is 20.4 Å². The number of nitrogens with one attached hydrogen (secondary N) is 1. The largest absolute Gasteiger partial charge is 0.455 e. The van der Waals surface area contributed by atoms with Gasteiger partial charge < -0.3 is 19.6 Å². The van der Waals surface area contributed by atoms with Crippen molar-refractivity contribution in [3.63, 3.8) is 0 Å². The van der Waals surface area contributed by atoms with Crippen LogP contribution < -0.4 is 10.2 Å². The molecular weight excluding hydrogens is 375 g/mol. The van der Waals surface area contributed by atoms with Crippen molar-refractivity contribution in [3.05, 3.63) is 5.82 Å². The summed E-state index contributed by atoms with van der Waals surface area (Å²) in [5, 5.41) is 6.05. The second-order valence-corrected chi connectivity index (χ2v) is 8.31. The van der Waals surface area contributed by atoms with Crippen LogP contribution in [0.3, 0.4) is 0 Å². The fraction of sp³-hybridized carbons (Fsp3) is 0.833. The van der Waals surface area contributed by atoms with E-state index in [-0.39, 0.29) is 17.3 Å². The average Bonchev–Trinajstić information content (AvgIpc) is 3.12. The zero-order valence-corrected chi connectivity index (χ0v) is 15.8. The Labute approximate surface area is 161 Å². The zero-order valence-electron chi connectivity index (χ0n) is 15.8. The van der Waals surface area contributed by atoms with Gasteiger partial charge in [0.1, 0.15) is 0 Å². The molecule has 2 atom stereocenters. The van der Waals surface area contributed by atoms with Gasteiger partial charge in [-0.2, -0.15) is 18.2 Å². The number of rotatable bonds is 2. The standard InChI is InChI=1S/C18H26F3N5O2/c19-18(20,21)15-23-16(28-24-15)26-7-1-3-13(4-9-26)25-8-2-5-17(6-10-25)11-14(27)22-12-17/h13H,1-12H2,(H,22,27). The molecule has 1 amide bonds. The summed E-state index contributed by atoms with van der Waals surface area (Å²) in [6.45, 7) is 3.99. The van der Waals surface area contributed by atoms with Crippen molar-refractivity contribution in [1.82, 2.24) is 20.4 Å². The molecule has 10 heteroatoms. The van der Waals surface area contributed by atoms with Gasteiger partial charge in [-0.3, -0.25) is 4.79 Å². The maximum atomic E-state index is 12.7. The van der Waals surface area contributed by atoms with Crippen molar-refractivity contribution in [2.45, 2.75) is 57.2 Å². The quantitative estimate of drug-likeness (QED) is 0.821. The molecule has 3 aliphatic rings. The SMILES string of the molecule is O=C1CC2(CCCN(C3CCCN(c4nc(C(F)(F)F)no4)CC3)CC2)CN1. The number of likely N-dealkylation sites (tertiary alicyclic amines) is 1. The summed E-state index contributed by atoms with van der Waals surface area (Å²) in [6.07, 6.45) is 1.94. The molecule has 2 unspecified atom stereocenters. The van der Waals surface area contributed by atoms with Gasteiger partial charge in [0.2, 0.25) is 5.91 Å². The van der Waals surface area contributed by atoms with Gasteiger partial charge >= 0.3 is 12.2 Å². The lowest BCUT2D eigenvalue weighted by atomic mass is 9.80. The number of nitrogens with zero attached hydrogens (tertiary/aromatic N) is 4. The summed E-state index contributed by atoms with van der Waals surface area (Å²) in [6, 6.07) is 0.355. The fourth-order valence-electron chi connectivity index (χ4n) is 4.84. The molecule has 4 rings (SSSR count).